The van der Waals surface area contributed by atoms with Gasteiger partial charge in [0.2, 0.25) is 0 Å². The van der Waals surface area contributed by atoms with Crippen molar-refractivity contribution in [2.24, 2.45) is 11.8 Å². The molecular weight excluding hydrogens is 243 g/mol. The van der Waals surface area contributed by atoms with E-state index in [1.165, 1.54) is 12.1 Å². The first-order valence-corrected chi connectivity index (χ1v) is 7.02. The van der Waals surface area contributed by atoms with Gasteiger partial charge in [-0.3, -0.25) is 4.79 Å². The van der Waals surface area contributed by atoms with Crippen LogP contribution in [0.2, 0.25) is 0 Å². The first-order chi connectivity index (χ1) is 9.00. The van der Waals surface area contributed by atoms with E-state index in [9.17, 15) is 9.18 Å². The molecule has 3 unspecified atom stereocenters. The number of fused-ring (bicyclic) bond motifs is 1. The molecular formula is C16H19FO2. The third kappa shape index (κ3) is 2.05. The van der Waals surface area contributed by atoms with Gasteiger partial charge in [-0.15, -0.1) is 0 Å². The van der Waals surface area contributed by atoms with E-state index >= 15 is 0 Å². The lowest BCUT2D eigenvalue weighted by molar-refractivity contribution is -0.0372. The minimum Gasteiger partial charge on any atom is -0.486 e. The van der Waals surface area contributed by atoms with Gasteiger partial charge in [-0.1, -0.05) is 13.8 Å². The summed E-state index contributed by atoms with van der Waals surface area (Å²) in [6, 6.07) is 4.25. The van der Waals surface area contributed by atoms with Crippen molar-refractivity contribution < 1.29 is 13.9 Å². The van der Waals surface area contributed by atoms with Crippen molar-refractivity contribution in [1.82, 2.24) is 0 Å². The second kappa shape index (κ2) is 4.32. The van der Waals surface area contributed by atoms with Crippen molar-refractivity contribution in [2.45, 2.75) is 45.1 Å². The van der Waals surface area contributed by atoms with Crippen LogP contribution in [0.4, 0.5) is 4.39 Å². The number of hydrogen-bond donors (Lipinski definition) is 0. The molecule has 1 aromatic rings. The first-order valence-electron chi connectivity index (χ1n) is 7.02. The molecule has 3 heteroatoms. The highest BCUT2D eigenvalue weighted by molar-refractivity contribution is 6.00. The standard InChI is InChI=1S/C16H19FO2/c1-10-5-6-16(11(2)7-10)9-14(18)13-8-12(17)3-4-15(13)19-16/h3-4,8,10-11H,5-7,9H2,1-2H3. The van der Waals surface area contributed by atoms with Crippen LogP contribution < -0.4 is 4.74 Å². The number of benzene rings is 1. The zero-order chi connectivity index (χ0) is 13.6. The maximum Gasteiger partial charge on any atom is 0.170 e. The Hall–Kier alpha value is -1.38. The van der Waals surface area contributed by atoms with Crippen molar-refractivity contribution in [3.05, 3.63) is 29.6 Å². The molecule has 0 radical (unpaired) electrons. The molecule has 0 amide bonds. The second-order valence-corrected chi connectivity index (χ2v) is 6.19. The van der Waals surface area contributed by atoms with Crippen LogP contribution in [0.15, 0.2) is 18.2 Å². The number of carbonyl (C=O) groups is 1. The highest BCUT2D eigenvalue weighted by Gasteiger charge is 2.47. The van der Waals surface area contributed by atoms with E-state index in [1.54, 1.807) is 6.07 Å². The lowest BCUT2D eigenvalue weighted by atomic mass is 9.68. The first kappa shape index (κ1) is 12.6. The molecule has 1 heterocycles. The summed E-state index contributed by atoms with van der Waals surface area (Å²) in [6.45, 7) is 4.41. The number of carbonyl (C=O) groups excluding carboxylic acids is 1. The second-order valence-electron chi connectivity index (χ2n) is 6.19. The molecule has 3 rings (SSSR count). The number of hydrogen-bond acceptors (Lipinski definition) is 2. The van der Waals surface area contributed by atoms with Crippen LogP contribution >= 0.6 is 0 Å². The molecule has 0 aromatic heterocycles. The normalized spacial score (nSPS) is 33.9. The number of rotatable bonds is 0. The number of halogens is 1. The number of ketones is 1. The molecule has 0 saturated heterocycles. The minimum absolute atomic E-state index is 0.0159. The Kier molecular flexibility index (Phi) is 2.88. The highest BCUT2D eigenvalue weighted by atomic mass is 19.1. The fourth-order valence-electron chi connectivity index (χ4n) is 3.52. The maximum absolute atomic E-state index is 13.2. The van der Waals surface area contributed by atoms with Gasteiger partial charge in [0.25, 0.3) is 0 Å². The van der Waals surface area contributed by atoms with E-state index in [1.807, 2.05) is 0 Å². The topological polar surface area (TPSA) is 26.3 Å². The van der Waals surface area contributed by atoms with Gasteiger partial charge in [0.1, 0.15) is 17.2 Å². The molecule has 1 aliphatic carbocycles. The Morgan fingerprint density at radius 2 is 2.16 bits per heavy atom. The molecule has 0 bridgehead atoms. The van der Waals surface area contributed by atoms with E-state index in [0.29, 0.717) is 29.6 Å². The molecule has 102 valence electrons. The summed E-state index contributed by atoms with van der Waals surface area (Å²) >= 11 is 0. The minimum atomic E-state index is -0.378. The molecule has 1 saturated carbocycles. The van der Waals surface area contributed by atoms with Crippen LogP contribution in [-0.2, 0) is 0 Å². The quantitative estimate of drug-likeness (QED) is 0.706. The molecule has 19 heavy (non-hydrogen) atoms. The SMILES string of the molecule is CC1CCC2(CC(=O)c3cc(F)ccc3O2)C(C)C1. The lowest BCUT2D eigenvalue weighted by Crippen LogP contribution is -2.50. The van der Waals surface area contributed by atoms with E-state index in [0.717, 1.165) is 19.3 Å². The molecule has 1 aromatic carbocycles. The van der Waals surface area contributed by atoms with Gasteiger partial charge in [-0.2, -0.15) is 0 Å². The summed E-state index contributed by atoms with van der Waals surface area (Å²) in [5.74, 6) is 1.24. The zero-order valence-corrected chi connectivity index (χ0v) is 11.4. The van der Waals surface area contributed by atoms with Gasteiger partial charge in [0.05, 0.1) is 12.0 Å². The summed E-state index contributed by atoms with van der Waals surface area (Å²) in [6.07, 6.45) is 3.48. The van der Waals surface area contributed by atoms with E-state index < -0.39 is 0 Å². The van der Waals surface area contributed by atoms with Gasteiger partial charge in [-0.25, -0.2) is 4.39 Å². The zero-order valence-electron chi connectivity index (χ0n) is 11.4. The molecule has 2 nitrogen and oxygen atoms in total. The number of ether oxygens (including phenoxy) is 1. The fourth-order valence-corrected chi connectivity index (χ4v) is 3.52. The number of Topliss-reactive ketones (excluding diaryl/α,β-unsaturated/α-hetero) is 1. The van der Waals surface area contributed by atoms with E-state index in [2.05, 4.69) is 13.8 Å². The van der Waals surface area contributed by atoms with E-state index in [4.69, 9.17) is 4.74 Å². The van der Waals surface area contributed by atoms with Crippen LogP contribution in [0.5, 0.6) is 5.75 Å². The van der Waals surface area contributed by atoms with Crippen molar-refractivity contribution in [2.75, 3.05) is 0 Å². The summed E-state index contributed by atoms with van der Waals surface area (Å²) in [5, 5.41) is 0. The molecule has 2 aliphatic rings. The Morgan fingerprint density at radius 1 is 1.37 bits per heavy atom. The van der Waals surface area contributed by atoms with Crippen LogP contribution in [0.25, 0.3) is 0 Å². The summed E-state index contributed by atoms with van der Waals surface area (Å²) < 4.78 is 19.4. The Balaban J connectivity index is 1.96. The molecule has 3 atom stereocenters. The Labute approximate surface area is 113 Å². The third-order valence-corrected chi connectivity index (χ3v) is 4.73. The van der Waals surface area contributed by atoms with Crippen molar-refractivity contribution >= 4 is 5.78 Å². The van der Waals surface area contributed by atoms with Gasteiger partial charge in [0, 0.05) is 0 Å². The maximum atomic E-state index is 13.2. The highest BCUT2D eigenvalue weighted by Crippen LogP contribution is 2.46. The summed E-state index contributed by atoms with van der Waals surface area (Å²) in [5.41, 5.74) is 0.0328. The van der Waals surface area contributed by atoms with Gasteiger partial charge < -0.3 is 4.74 Å². The van der Waals surface area contributed by atoms with Gasteiger partial charge >= 0.3 is 0 Å². The average molecular weight is 262 g/mol. The third-order valence-electron chi connectivity index (χ3n) is 4.73. The predicted molar refractivity (Wildman–Crippen MR) is 70.9 cm³/mol. The molecule has 1 aliphatic heterocycles. The molecule has 1 spiro atoms. The van der Waals surface area contributed by atoms with E-state index in [-0.39, 0.29) is 17.2 Å². The summed E-state index contributed by atoms with van der Waals surface area (Å²) in [4.78, 5) is 12.3. The van der Waals surface area contributed by atoms with Crippen LogP contribution in [0.1, 0.15) is 49.9 Å². The largest absolute Gasteiger partial charge is 0.486 e. The Morgan fingerprint density at radius 3 is 2.89 bits per heavy atom. The van der Waals surface area contributed by atoms with Crippen molar-refractivity contribution in [3.63, 3.8) is 0 Å². The van der Waals surface area contributed by atoms with Crippen molar-refractivity contribution in [3.8, 4) is 5.75 Å². The van der Waals surface area contributed by atoms with Crippen molar-refractivity contribution in [1.29, 1.82) is 0 Å². The smallest absolute Gasteiger partial charge is 0.170 e. The Bertz CT molecular complexity index is 525. The predicted octanol–water partition coefficient (Wildman–Crippen LogP) is 3.99. The molecule has 0 N–H and O–H groups in total. The summed E-state index contributed by atoms with van der Waals surface area (Å²) in [7, 11) is 0. The lowest BCUT2D eigenvalue weighted by Gasteiger charge is -2.46. The van der Waals surface area contributed by atoms with Gasteiger partial charge in [-0.05, 0) is 49.3 Å². The van der Waals surface area contributed by atoms with Crippen LogP contribution in [0, 0.1) is 17.7 Å². The van der Waals surface area contributed by atoms with Gasteiger partial charge in [0.15, 0.2) is 5.78 Å². The molecule has 1 fully saturated rings. The average Bonchev–Trinajstić information content (AvgIpc) is 2.36. The van der Waals surface area contributed by atoms with Crippen LogP contribution in [0.3, 0.4) is 0 Å². The fraction of sp³-hybridized carbons (Fsp3) is 0.562. The monoisotopic (exact) mass is 262 g/mol. The van der Waals surface area contributed by atoms with Crippen LogP contribution in [-0.4, -0.2) is 11.4 Å².